The summed E-state index contributed by atoms with van der Waals surface area (Å²) in [5, 5.41) is 4.30. The Kier molecular flexibility index (Phi) is 11.3. The largest absolute Gasteiger partial charge is 0.407 e. The number of benzene rings is 4. The van der Waals surface area contributed by atoms with E-state index in [2.05, 4.69) is 139 Å². The van der Waals surface area contributed by atoms with E-state index in [1.165, 1.54) is 20.7 Å². The molecule has 0 bridgehead atoms. The minimum absolute atomic E-state index is 0.0176. The van der Waals surface area contributed by atoms with Gasteiger partial charge in [-0.15, -0.1) is 0 Å². The summed E-state index contributed by atoms with van der Waals surface area (Å²) in [4.78, 5) is 0. The van der Waals surface area contributed by atoms with E-state index in [9.17, 15) is 8.42 Å². The van der Waals surface area contributed by atoms with Crippen LogP contribution in [0.1, 0.15) is 48.0 Å². The molecule has 9 heteroatoms. The van der Waals surface area contributed by atoms with Crippen molar-refractivity contribution in [2.24, 2.45) is 11.8 Å². The first-order valence-electron chi connectivity index (χ1n) is 16.8. The van der Waals surface area contributed by atoms with Crippen molar-refractivity contribution < 1.29 is 25.6 Å². The highest BCUT2D eigenvalue weighted by Gasteiger charge is 2.52. The fourth-order valence-corrected chi connectivity index (χ4v) is 17.3. The molecule has 4 aromatic carbocycles. The van der Waals surface area contributed by atoms with E-state index in [0.717, 1.165) is 0 Å². The first-order valence-corrected chi connectivity index (χ1v) is 22.0. The normalized spacial score (nSPS) is 19.3. The molecule has 0 aliphatic carbocycles. The van der Waals surface area contributed by atoms with E-state index in [1.54, 1.807) is 0 Å². The van der Waals surface area contributed by atoms with Gasteiger partial charge in [-0.25, -0.2) is 8.37 Å². The Morgan fingerprint density at radius 2 is 0.812 bits per heavy atom. The second-order valence-corrected chi connectivity index (χ2v) is 24.8. The summed E-state index contributed by atoms with van der Waals surface area (Å²) in [6.07, 6.45) is 0.631. The molecule has 1 aliphatic heterocycles. The molecular weight excluding hydrogens is 653 g/mol. The Bertz CT molecular complexity index is 1490. The van der Waals surface area contributed by atoms with Gasteiger partial charge in [-0.3, -0.25) is 0 Å². The van der Waals surface area contributed by atoms with Crippen LogP contribution >= 0.6 is 0 Å². The average molecular weight is 703 g/mol. The monoisotopic (exact) mass is 702 g/mol. The molecule has 5 rings (SSSR count). The zero-order chi connectivity index (χ0) is 34.5. The molecule has 1 fully saturated rings. The van der Waals surface area contributed by atoms with Crippen LogP contribution in [0.5, 0.6) is 0 Å². The molecular formula is C39H50O6SSi2. The van der Waals surface area contributed by atoms with E-state index in [0.29, 0.717) is 19.6 Å². The highest BCUT2D eigenvalue weighted by Crippen LogP contribution is 2.39. The summed E-state index contributed by atoms with van der Waals surface area (Å²) in [5.41, 5.74) is 0. The predicted molar refractivity (Wildman–Crippen MR) is 200 cm³/mol. The number of hydrogen-bond acceptors (Lipinski definition) is 6. The molecule has 0 spiro atoms. The van der Waals surface area contributed by atoms with Crippen molar-refractivity contribution >= 4 is 47.8 Å². The highest BCUT2D eigenvalue weighted by atomic mass is 32.3. The van der Waals surface area contributed by atoms with Crippen molar-refractivity contribution in [2.75, 3.05) is 26.4 Å². The lowest BCUT2D eigenvalue weighted by atomic mass is 9.97. The standard InChI is InChI=1S/C39H50O6SSi2/c1-38(2,3)47(34-19-11-7-12-20-34,35-21-13-8-14-22-35)44-30-32-27-33(29-43-46(40,41)42-28-32)31-45-48(39(4,5)6,36-23-15-9-16-24-36)37-25-17-10-18-26-37/h7-26,32-33H,27-31H2,1-6H3/t32-,33-/m0/s1. The molecule has 0 amide bonds. The van der Waals surface area contributed by atoms with Crippen LogP contribution in [0.3, 0.4) is 0 Å². The smallest absolute Gasteiger partial charge is 0.399 e. The minimum atomic E-state index is -4.17. The second kappa shape index (κ2) is 14.9. The lowest BCUT2D eigenvalue weighted by Gasteiger charge is -2.44. The molecule has 0 radical (unpaired) electrons. The van der Waals surface area contributed by atoms with Crippen LogP contribution in [0, 0.1) is 11.8 Å². The van der Waals surface area contributed by atoms with Gasteiger partial charge in [0.25, 0.3) is 16.6 Å². The van der Waals surface area contributed by atoms with Crippen LogP contribution in [0.4, 0.5) is 0 Å². The quantitative estimate of drug-likeness (QED) is 0.188. The maximum absolute atomic E-state index is 12.8. The molecule has 0 N–H and O–H groups in total. The lowest BCUT2D eigenvalue weighted by Crippen LogP contribution is -2.67. The van der Waals surface area contributed by atoms with Crippen molar-refractivity contribution in [2.45, 2.75) is 58.0 Å². The predicted octanol–water partition coefficient (Wildman–Crippen LogP) is 6.05. The van der Waals surface area contributed by atoms with E-state index in [1.807, 2.05) is 24.3 Å². The molecule has 6 nitrogen and oxygen atoms in total. The van der Waals surface area contributed by atoms with Gasteiger partial charge in [0.15, 0.2) is 0 Å². The fourth-order valence-electron chi connectivity index (χ4n) is 7.24. The van der Waals surface area contributed by atoms with Crippen molar-refractivity contribution in [3.63, 3.8) is 0 Å². The van der Waals surface area contributed by atoms with Crippen molar-refractivity contribution in [3.8, 4) is 0 Å². The van der Waals surface area contributed by atoms with Gasteiger partial charge >= 0.3 is 10.4 Å². The van der Waals surface area contributed by atoms with E-state index in [-0.39, 0.29) is 35.1 Å². The second-order valence-electron chi connectivity index (χ2n) is 14.9. The topological polar surface area (TPSA) is 71.1 Å². The number of hydrogen-bond donors (Lipinski definition) is 0. The zero-order valence-corrected chi connectivity index (χ0v) is 31.9. The minimum Gasteiger partial charge on any atom is -0.407 e. The molecule has 0 saturated carbocycles. The van der Waals surface area contributed by atoms with E-state index < -0.39 is 27.0 Å². The molecule has 48 heavy (non-hydrogen) atoms. The SMILES string of the molecule is CC(C)(C)[Si](OC[C@@H]1COS(=O)(=O)OC[C@@H](CO[Si](c2ccccc2)(c2ccccc2)C(C)(C)C)C1)(c1ccccc1)c1ccccc1. The molecule has 2 atom stereocenters. The van der Waals surface area contributed by atoms with Crippen LogP contribution in [0.25, 0.3) is 0 Å². The first-order chi connectivity index (χ1) is 22.8. The van der Waals surface area contributed by atoms with Crippen LogP contribution in [0.2, 0.25) is 10.1 Å². The third kappa shape index (κ3) is 7.78. The molecule has 4 aromatic rings. The third-order valence-corrected chi connectivity index (χ3v) is 20.3. The summed E-state index contributed by atoms with van der Waals surface area (Å²) in [7, 11) is -9.85. The molecule has 1 heterocycles. The Morgan fingerprint density at radius 1 is 0.542 bits per heavy atom. The van der Waals surface area contributed by atoms with Gasteiger partial charge in [0.1, 0.15) is 0 Å². The van der Waals surface area contributed by atoms with E-state index in [4.69, 9.17) is 17.2 Å². The Labute approximate surface area is 290 Å². The molecule has 0 aromatic heterocycles. The zero-order valence-electron chi connectivity index (χ0n) is 29.1. The fraction of sp³-hybridized carbons (Fsp3) is 0.385. The Morgan fingerprint density at radius 3 is 1.06 bits per heavy atom. The van der Waals surface area contributed by atoms with E-state index >= 15 is 0 Å². The van der Waals surface area contributed by atoms with Gasteiger partial charge in [-0.05, 0) is 37.2 Å². The summed E-state index contributed by atoms with van der Waals surface area (Å²) in [5.74, 6) is -0.392. The molecule has 256 valence electrons. The summed E-state index contributed by atoms with van der Waals surface area (Å²) >= 11 is 0. The van der Waals surface area contributed by atoms with Crippen molar-refractivity contribution in [1.82, 2.24) is 0 Å². The van der Waals surface area contributed by atoms with Crippen LogP contribution < -0.4 is 20.7 Å². The lowest BCUT2D eigenvalue weighted by molar-refractivity contribution is 0.0717. The number of rotatable bonds is 10. The maximum Gasteiger partial charge on any atom is 0.399 e. The van der Waals surface area contributed by atoms with Crippen LogP contribution in [-0.4, -0.2) is 51.5 Å². The summed E-state index contributed by atoms with van der Waals surface area (Å²) in [6.45, 7) is 14.1. The molecule has 1 aliphatic rings. The van der Waals surface area contributed by atoms with Gasteiger partial charge in [0.05, 0.1) is 13.2 Å². The molecule has 1 saturated heterocycles. The molecule has 0 unspecified atom stereocenters. The first kappa shape index (κ1) is 36.4. The van der Waals surface area contributed by atoms with Crippen molar-refractivity contribution in [1.29, 1.82) is 0 Å². The maximum atomic E-state index is 12.8. The summed E-state index contributed by atoms with van der Waals surface area (Å²) in [6, 6.07) is 42.0. The average Bonchev–Trinajstić information content (AvgIpc) is 3.06. The Hall–Kier alpha value is -2.90. The van der Waals surface area contributed by atoms with Crippen LogP contribution in [-0.2, 0) is 27.6 Å². The van der Waals surface area contributed by atoms with Gasteiger partial charge in [0, 0.05) is 25.0 Å². The van der Waals surface area contributed by atoms with Crippen molar-refractivity contribution in [3.05, 3.63) is 121 Å². The summed E-state index contributed by atoms with van der Waals surface area (Å²) < 4.78 is 50.9. The van der Waals surface area contributed by atoms with Gasteiger partial charge in [0.2, 0.25) is 0 Å². The van der Waals surface area contributed by atoms with Gasteiger partial charge < -0.3 is 8.85 Å². The van der Waals surface area contributed by atoms with Crippen LogP contribution in [0.15, 0.2) is 121 Å². The highest BCUT2D eigenvalue weighted by molar-refractivity contribution is 7.81. The Balaban J connectivity index is 1.48. The third-order valence-electron chi connectivity index (χ3n) is 9.47. The van der Waals surface area contributed by atoms with Gasteiger partial charge in [-0.2, -0.15) is 8.42 Å². The van der Waals surface area contributed by atoms with Gasteiger partial charge in [-0.1, -0.05) is 163 Å².